The van der Waals surface area contributed by atoms with Gasteiger partial charge in [0.1, 0.15) is 11.1 Å². The van der Waals surface area contributed by atoms with Gasteiger partial charge in [-0.3, -0.25) is 4.79 Å². The molecule has 0 saturated carbocycles. The summed E-state index contributed by atoms with van der Waals surface area (Å²) in [6, 6.07) is 24.7. The lowest BCUT2D eigenvalue weighted by atomic mass is 9.98. The average Bonchev–Trinajstić information content (AvgIpc) is 3.48. The topological polar surface area (TPSA) is 97.1 Å². The molecule has 2 heterocycles. The molecule has 11 heteroatoms. The van der Waals surface area contributed by atoms with E-state index in [-0.39, 0.29) is 12.3 Å². The predicted molar refractivity (Wildman–Crippen MR) is 174 cm³/mol. The Kier molecular flexibility index (Phi) is 9.85. The fourth-order valence-electron chi connectivity index (χ4n) is 4.38. The van der Waals surface area contributed by atoms with Crippen LogP contribution in [0.4, 0.5) is 5.13 Å². The second-order valence-electron chi connectivity index (χ2n) is 9.06. The molecule has 0 bridgehead atoms. The molecule has 0 atom stereocenters. The molecule has 1 N–H and O–H groups in total. The highest BCUT2D eigenvalue weighted by Crippen LogP contribution is 2.42. The number of pyridine rings is 1. The van der Waals surface area contributed by atoms with Gasteiger partial charge in [0, 0.05) is 44.8 Å². The molecular formula is C32H24Cl2N4O3S2. The minimum Gasteiger partial charge on any atom is -0.493 e. The monoisotopic (exact) mass is 646 g/mol. The van der Waals surface area contributed by atoms with Gasteiger partial charge in [-0.15, -0.1) is 23.1 Å². The molecule has 7 nitrogen and oxygen atoms in total. The number of carbonyl (C=O) groups is 1. The number of hydrogen-bond acceptors (Lipinski definition) is 8. The molecule has 2 aromatic heterocycles. The third-order valence-corrected chi connectivity index (χ3v) is 8.67. The second kappa shape index (κ2) is 13.9. The molecule has 0 fully saturated rings. The molecule has 0 unspecified atom stereocenters. The SMILES string of the molecule is COc1cccc(-c2cc(-c3ccccc3)nc(SCCC(=O)Nc3nc(-c4ccc(Cl)cc4Cl)cs3)c2C#N)c1OC. The summed E-state index contributed by atoms with van der Waals surface area (Å²) in [6.07, 6.45) is 0.182. The summed E-state index contributed by atoms with van der Waals surface area (Å²) in [7, 11) is 3.14. The normalized spacial score (nSPS) is 10.7. The number of hydrogen-bond donors (Lipinski definition) is 1. The van der Waals surface area contributed by atoms with Crippen LogP contribution in [0.2, 0.25) is 10.0 Å². The number of para-hydroxylation sites is 1. The van der Waals surface area contributed by atoms with Crippen molar-refractivity contribution >= 4 is 57.3 Å². The first-order chi connectivity index (χ1) is 20.9. The van der Waals surface area contributed by atoms with E-state index in [1.54, 1.807) is 38.5 Å². The molecule has 5 aromatic rings. The molecule has 0 aliphatic carbocycles. The van der Waals surface area contributed by atoms with Gasteiger partial charge in [-0.05, 0) is 30.3 Å². The number of rotatable bonds is 10. The highest BCUT2D eigenvalue weighted by molar-refractivity contribution is 7.99. The van der Waals surface area contributed by atoms with Crippen molar-refractivity contribution in [2.24, 2.45) is 0 Å². The molecule has 43 heavy (non-hydrogen) atoms. The maximum Gasteiger partial charge on any atom is 0.226 e. The van der Waals surface area contributed by atoms with Gasteiger partial charge in [0.25, 0.3) is 0 Å². The largest absolute Gasteiger partial charge is 0.493 e. The lowest BCUT2D eigenvalue weighted by molar-refractivity contribution is -0.115. The number of thioether (sulfide) groups is 1. The summed E-state index contributed by atoms with van der Waals surface area (Å²) in [5.41, 5.74) is 4.74. The lowest BCUT2D eigenvalue weighted by Gasteiger charge is -2.16. The van der Waals surface area contributed by atoms with Gasteiger partial charge in [-0.25, -0.2) is 9.97 Å². The fourth-order valence-corrected chi connectivity index (χ4v) is 6.55. The Morgan fingerprint density at radius 3 is 2.49 bits per heavy atom. The Labute approximate surface area is 267 Å². The van der Waals surface area contributed by atoms with Crippen molar-refractivity contribution in [3.8, 4) is 51.2 Å². The third-order valence-electron chi connectivity index (χ3n) is 6.39. The number of thiazole rings is 1. The molecular weight excluding hydrogens is 623 g/mol. The summed E-state index contributed by atoms with van der Waals surface area (Å²) in [4.78, 5) is 22.2. The van der Waals surface area contributed by atoms with Gasteiger partial charge in [0.2, 0.25) is 5.91 Å². The van der Waals surface area contributed by atoms with Crippen LogP contribution in [-0.4, -0.2) is 35.8 Å². The van der Waals surface area contributed by atoms with Crippen LogP contribution < -0.4 is 14.8 Å². The first-order valence-corrected chi connectivity index (χ1v) is 15.6. The van der Waals surface area contributed by atoms with Crippen LogP contribution in [0.15, 0.2) is 83.2 Å². The Bertz CT molecular complexity index is 1820. The van der Waals surface area contributed by atoms with Crippen molar-refractivity contribution in [1.82, 2.24) is 9.97 Å². The van der Waals surface area contributed by atoms with Gasteiger partial charge in [-0.2, -0.15) is 5.26 Å². The van der Waals surface area contributed by atoms with Crippen LogP contribution >= 0.6 is 46.3 Å². The van der Waals surface area contributed by atoms with Crippen molar-refractivity contribution in [2.75, 3.05) is 25.3 Å². The van der Waals surface area contributed by atoms with Gasteiger partial charge in [-0.1, -0.05) is 65.7 Å². The van der Waals surface area contributed by atoms with E-state index in [1.165, 1.54) is 23.1 Å². The molecule has 0 radical (unpaired) electrons. The Morgan fingerprint density at radius 2 is 1.77 bits per heavy atom. The quantitative estimate of drug-likeness (QED) is 0.151. The summed E-state index contributed by atoms with van der Waals surface area (Å²) in [6.45, 7) is 0. The smallest absolute Gasteiger partial charge is 0.226 e. The van der Waals surface area contributed by atoms with Gasteiger partial charge in [0.15, 0.2) is 16.6 Å². The number of halogens is 2. The van der Waals surface area contributed by atoms with E-state index in [1.807, 2.05) is 53.9 Å². The molecule has 3 aromatic carbocycles. The highest BCUT2D eigenvalue weighted by atomic mass is 35.5. The minimum atomic E-state index is -0.206. The van der Waals surface area contributed by atoms with E-state index in [0.29, 0.717) is 65.5 Å². The van der Waals surface area contributed by atoms with Crippen LogP contribution in [0.5, 0.6) is 11.5 Å². The second-order valence-corrected chi connectivity index (χ2v) is 11.8. The Balaban J connectivity index is 1.38. The third kappa shape index (κ3) is 6.95. The Morgan fingerprint density at radius 1 is 0.953 bits per heavy atom. The molecule has 0 aliphatic rings. The maximum atomic E-state index is 12.8. The average molecular weight is 648 g/mol. The number of ether oxygens (including phenoxy) is 2. The summed E-state index contributed by atoms with van der Waals surface area (Å²) in [5.74, 6) is 1.26. The van der Waals surface area contributed by atoms with Crippen molar-refractivity contribution in [3.63, 3.8) is 0 Å². The molecule has 5 rings (SSSR count). The first-order valence-electron chi connectivity index (χ1n) is 13.0. The number of anilines is 1. The zero-order valence-corrected chi connectivity index (χ0v) is 26.2. The highest BCUT2D eigenvalue weighted by Gasteiger charge is 2.21. The van der Waals surface area contributed by atoms with Crippen LogP contribution in [0.3, 0.4) is 0 Å². The number of nitrogens with zero attached hydrogens (tertiary/aromatic N) is 3. The number of aromatic nitrogens is 2. The lowest BCUT2D eigenvalue weighted by Crippen LogP contribution is -2.12. The van der Waals surface area contributed by atoms with E-state index in [0.717, 1.165) is 11.1 Å². The van der Waals surface area contributed by atoms with E-state index in [9.17, 15) is 10.1 Å². The minimum absolute atomic E-state index is 0.182. The zero-order chi connectivity index (χ0) is 30.3. The number of methoxy groups -OCH3 is 2. The van der Waals surface area contributed by atoms with Crippen LogP contribution in [-0.2, 0) is 4.79 Å². The molecule has 216 valence electrons. The molecule has 0 spiro atoms. The number of nitrogens with one attached hydrogen (secondary N) is 1. The standard InChI is InChI=1S/C32H24Cl2N4O3S2/c1-40-28-10-6-9-21(30(28)41-2)23-16-26(19-7-4-3-5-8-19)36-31(24(23)17-35)42-14-13-29(39)38-32-37-27(18-43-32)22-12-11-20(33)15-25(22)34/h3-12,15-16,18H,13-14H2,1-2H3,(H,37,38,39). The van der Waals surface area contributed by atoms with Crippen LogP contribution in [0.25, 0.3) is 33.6 Å². The van der Waals surface area contributed by atoms with E-state index in [4.69, 9.17) is 37.7 Å². The van der Waals surface area contributed by atoms with Crippen molar-refractivity contribution in [2.45, 2.75) is 11.4 Å². The number of carbonyl (C=O) groups excluding carboxylic acids is 1. The van der Waals surface area contributed by atoms with Gasteiger partial charge < -0.3 is 14.8 Å². The Hall–Kier alpha value is -4.07. The zero-order valence-electron chi connectivity index (χ0n) is 23.1. The predicted octanol–water partition coefficient (Wildman–Crippen LogP) is 8.86. The maximum absolute atomic E-state index is 12.8. The number of nitriles is 1. The van der Waals surface area contributed by atoms with Crippen molar-refractivity contribution < 1.29 is 14.3 Å². The molecule has 1 amide bonds. The summed E-state index contributed by atoms with van der Waals surface area (Å²) >= 11 is 15.0. The van der Waals surface area contributed by atoms with Gasteiger partial charge >= 0.3 is 0 Å². The summed E-state index contributed by atoms with van der Waals surface area (Å²) in [5, 5.41) is 16.9. The van der Waals surface area contributed by atoms with E-state index in [2.05, 4.69) is 16.4 Å². The fraction of sp³-hybridized carbons (Fsp3) is 0.125. The van der Waals surface area contributed by atoms with Crippen LogP contribution in [0, 0.1) is 11.3 Å². The molecule has 0 saturated heterocycles. The van der Waals surface area contributed by atoms with Crippen molar-refractivity contribution in [1.29, 1.82) is 5.26 Å². The van der Waals surface area contributed by atoms with Gasteiger partial charge in [0.05, 0.1) is 36.2 Å². The number of benzene rings is 3. The van der Waals surface area contributed by atoms with Crippen LogP contribution in [0.1, 0.15) is 12.0 Å². The number of amides is 1. The van der Waals surface area contributed by atoms with E-state index < -0.39 is 0 Å². The van der Waals surface area contributed by atoms with Crippen molar-refractivity contribution in [3.05, 3.63) is 93.8 Å². The molecule has 0 aliphatic heterocycles. The van der Waals surface area contributed by atoms with E-state index >= 15 is 0 Å². The first kappa shape index (κ1) is 30.4. The summed E-state index contributed by atoms with van der Waals surface area (Å²) < 4.78 is 11.2.